The van der Waals surface area contributed by atoms with Gasteiger partial charge in [0.1, 0.15) is 5.75 Å². The Hall–Kier alpha value is -1.24. The van der Waals surface area contributed by atoms with Gasteiger partial charge in [0.05, 0.1) is 29.5 Å². The van der Waals surface area contributed by atoms with Gasteiger partial charge in [-0.05, 0) is 32.5 Å². The van der Waals surface area contributed by atoms with Crippen LogP contribution in [0.1, 0.15) is 13.3 Å². The fourth-order valence-corrected chi connectivity index (χ4v) is 3.79. The van der Waals surface area contributed by atoms with Crippen LogP contribution in [0, 0.1) is 0 Å². The Bertz CT molecular complexity index is 602. The van der Waals surface area contributed by atoms with E-state index in [1.165, 1.54) is 0 Å². The number of imidazole rings is 1. The quantitative estimate of drug-likeness (QED) is 0.888. The molecular formula is C15H21N3O2S. The molecule has 3 rings (SSSR count). The summed E-state index contributed by atoms with van der Waals surface area (Å²) in [6, 6.07) is 6.42. The molecule has 0 bridgehead atoms. The molecular weight excluding hydrogens is 286 g/mol. The molecule has 114 valence electrons. The van der Waals surface area contributed by atoms with Crippen LogP contribution in [0.15, 0.2) is 23.4 Å². The Morgan fingerprint density at radius 3 is 3.24 bits per heavy atom. The molecule has 0 spiro atoms. The zero-order valence-corrected chi connectivity index (χ0v) is 13.2. The third-order valence-electron chi connectivity index (χ3n) is 3.68. The van der Waals surface area contributed by atoms with E-state index in [9.17, 15) is 0 Å². The number of fused-ring (bicyclic) bond motifs is 1. The molecule has 2 aromatic rings. The van der Waals surface area contributed by atoms with Crippen molar-refractivity contribution in [2.24, 2.45) is 0 Å². The van der Waals surface area contributed by atoms with Crippen LogP contribution in [0.3, 0.4) is 0 Å². The van der Waals surface area contributed by atoms with E-state index in [0.717, 1.165) is 41.6 Å². The maximum Gasteiger partial charge on any atom is 0.166 e. The highest BCUT2D eigenvalue weighted by molar-refractivity contribution is 7.99. The molecule has 0 aliphatic carbocycles. The lowest BCUT2D eigenvalue weighted by molar-refractivity contribution is 0.0850. The van der Waals surface area contributed by atoms with Crippen molar-refractivity contribution >= 4 is 22.8 Å². The molecule has 1 aromatic heterocycles. The van der Waals surface area contributed by atoms with E-state index in [1.807, 2.05) is 32.2 Å². The van der Waals surface area contributed by atoms with Crippen molar-refractivity contribution in [1.82, 2.24) is 15.3 Å². The topological polar surface area (TPSA) is 59.2 Å². The van der Waals surface area contributed by atoms with E-state index in [4.69, 9.17) is 9.47 Å². The molecule has 0 saturated carbocycles. The van der Waals surface area contributed by atoms with E-state index in [0.29, 0.717) is 17.9 Å². The zero-order valence-electron chi connectivity index (χ0n) is 12.4. The van der Waals surface area contributed by atoms with Crippen molar-refractivity contribution in [2.75, 3.05) is 26.9 Å². The average molecular weight is 307 g/mol. The summed E-state index contributed by atoms with van der Waals surface area (Å²) in [6.07, 6.45) is 1.04. The first-order valence-corrected chi connectivity index (χ1v) is 8.22. The standard InChI is InChI=1S/C15H21N3O2S/c1-3-20-10-4-5-11-13(8-10)18-15(17-11)21-14-9-19-7-6-12(14)16-2/h4-5,8,12,14,16H,3,6-7,9H2,1-2H3,(H,17,18). The highest BCUT2D eigenvalue weighted by atomic mass is 32.2. The highest BCUT2D eigenvalue weighted by Crippen LogP contribution is 2.29. The van der Waals surface area contributed by atoms with Crippen LogP contribution in [0.5, 0.6) is 5.75 Å². The Labute approximate surface area is 128 Å². The molecule has 2 N–H and O–H groups in total. The Kier molecular flexibility index (Phi) is 4.67. The summed E-state index contributed by atoms with van der Waals surface area (Å²) < 4.78 is 11.1. The molecule has 1 fully saturated rings. The molecule has 21 heavy (non-hydrogen) atoms. The first-order valence-electron chi connectivity index (χ1n) is 7.34. The molecule has 1 aromatic carbocycles. The number of nitrogens with zero attached hydrogens (tertiary/aromatic N) is 1. The van der Waals surface area contributed by atoms with Gasteiger partial charge in [-0.15, -0.1) is 0 Å². The largest absolute Gasteiger partial charge is 0.494 e. The van der Waals surface area contributed by atoms with Gasteiger partial charge in [-0.2, -0.15) is 0 Å². The number of aromatic nitrogens is 2. The maximum atomic E-state index is 5.59. The lowest BCUT2D eigenvalue weighted by Crippen LogP contribution is -2.43. The SMILES string of the molecule is CCOc1ccc2nc(SC3COCCC3NC)[nH]c2c1. The van der Waals surface area contributed by atoms with Crippen LogP contribution in [-0.2, 0) is 4.74 Å². The molecule has 5 nitrogen and oxygen atoms in total. The molecule has 1 saturated heterocycles. The van der Waals surface area contributed by atoms with Gasteiger partial charge in [0.25, 0.3) is 0 Å². The second-order valence-corrected chi connectivity index (χ2v) is 6.30. The number of rotatable bonds is 5. The minimum Gasteiger partial charge on any atom is -0.494 e. The Morgan fingerprint density at radius 2 is 2.43 bits per heavy atom. The summed E-state index contributed by atoms with van der Waals surface area (Å²) in [5.41, 5.74) is 1.99. The maximum absolute atomic E-state index is 5.59. The van der Waals surface area contributed by atoms with Crippen molar-refractivity contribution < 1.29 is 9.47 Å². The van der Waals surface area contributed by atoms with Gasteiger partial charge < -0.3 is 19.8 Å². The molecule has 1 aliphatic rings. The predicted molar refractivity (Wildman–Crippen MR) is 85.2 cm³/mol. The van der Waals surface area contributed by atoms with E-state index in [-0.39, 0.29) is 0 Å². The first kappa shape index (κ1) is 14.7. The van der Waals surface area contributed by atoms with Crippen molar-refractivity contribution in [3.63, 3.8) is 0 Å². The second kappa shape index (κ2) is 6.68. The number of hydrogen-bond acceptors (Lipinski definition) is 5. The Balaban J connectivity index is 1.77. The van der Waals surface area contributed by atoms with E-state index in [1.54, 1.807) is 11.8 Å². The predicted octanol–water partition coefficient (Wildman–Crippen LogP) is 2.43. The number of H-pyrrole nitrogens is 1. The average Bonchev–Trinajstić information content (AvgIpc) is 2.89. The van der Waals surface area contributed by atoms with Crippen LogP contribution >= 0.6 is 11.8 Å². The first-order chi connectivity index (χ1) is 10.3. The van der Waals surface area contributed by atoms with Gasteiger partial charge in [0.2, 0.25) is 0 Å². The number of thioether (sulfide) groups is 1. The summed E-state index contributed by atoms with van der Waals surface area (Å²) in [7, 11) is 2.01. The number of nitrogens with one attached hydrogen (secondary N) is 2. The van der Waals surface area contributed by atoms with Gasteiger partial charge in [-0.25, -0.2) is 4.98 Å². The summed E-state index contributed by atoms with van der Waals surface area (Å²) in [5.74, 6) is 0.874. The van der Waals surface area contributed by atoms with E-state index in [2.05, 4.69) is 15.3 Å². The zero-order chi connectivity index (χ0) is 14.7. The van der Waals surface area contributed by atoms with Gasteiger partial charge >= 0.3 is 0 Å². The molecule has 0 amide bonds. The number of hydrogen-bond donors (Lipinski definition) is 2. The van der Waals surface area contributed by atoms with E-state index >= 15 is 0 Å². The molecule has 0 radical (unpaired) electrons. The van der Waals surface area contributed by atoms with Gasteiger partial charge in [-0.3, -0.25) is 0 Å². The summed E-state index contributed by atoms with van der Waals surface area (Å²) in [5, 5.41) is 4.70. The Morgan fingerprint density at radius 1 is 1.52 bits per heavy atom. The van der Waals surface area contributed by atoms with Gasteiger partial charge in [0.15, 0.2) is 5.16 Å². The summed E-state index contributed by atoms with van der Waals surface area (Å²) >= 11 is 1.75. The van der Waals surface area contributed by atoms with Crippen molar-refractivity contribution in [3.8, 4) is 5.75 Å². The smallest absolute Gasteiger partial charge is 0.166 e. The minimum atomic E-state index is 0.385. The monoisotopic (exact) mass is 307 g/mol. The molecule has 6 heteroatoms. The summed E-state index contributed by atoms with van der Waals surface area (Å²) in [4.78, 5) is 8.02. The van der Waals surface area contributed by atoms with Crippen LogP contribution in [0.4, 0.5) is 0 Å². The van der Waals surface area contributed by atoms with Crippen LogP contribution in [-0.4, -0.2) is 48.1 Å². The highest BCUT2D eigenvalue weighted by Gasteiger charge is 2.26. The lowest BCUT2D eigenvalue weighted by Gasteiger charge is -2.29. The van der Waals surface area contributed by atoms with Gasteiger partial charge in [0, 0.05) is 18.7 Å². The fraction of sp³-hybridized carbons (Fsp3) is 0.533. The third kappa shape index (κ3) is 3.33. The number of benzene rings is 1. The fourth-order valence-electron chi connectivity index (χ4n) is 2.58. The minimum absolute atomic E-state index is 0.385. The molecule has 2 unspecified atom stereocenters. The van der Waals surface area contributed by atoms with Gasteiger partial charge in [-0.1, -0.05) is 11.8 Å². The van der Waals surface area contributed by atoms with Crippen molar-refractivity contribution in [2.45, 2.75) is 29.8 Å². The number of aromatic amines is 1. The van der Waals surface area contributed by atoms with E-state index < -0.39 is 0 Å². The van der Waals surface area contributed by atoms with Crippen LogP contribution in [0.25, 0.3) is 11.0 Å². The van der Waals surface area contributed by atoms with Crippen molar-refractivity contribution in [1.29, 1.82) is 0 Å². The van der Waals surface area contributed by atoms with Crippen LogP contribution in [0.2, 0.25) is 0 Å². The second-order valence-electron chi connectivity index (χ2n) is 5.07. The third-order valence-corrected chi connectivity index (χ3v) is 4.86. The molecule has 1 aliphatic heterocycles. The molecule has 2 atom stereocenters. The van der Waals surface area contributed by atoms with Crippen molar-refractivity contribution in [3.05, 3.63) is 18.2 Å². The summed E-state index contributed by atoms with van der Waals surface area (Å²) in [6.45, 7) is 4.25. The number of ether oxygens (including phenoxy) is 2. The van der Waals surface area contributed by atoms with Crippen LogP contribution < -0.4 is 10.1 Å². The molecule has 2 heterocycles. The lowest BCUT2D eigenvalue weighted by atomic mass is 10.1. The normalized spacial score (nSPS) is 22.6.